The van der Waals surface area contributed by atoms with Crippen molar-refractivity contribution >= 4 is 18.3 Å². The average molecular weight is 365 g/mol. The fourth-order valence-corrected chi connectivity index (χ4v) is 3.30. The third-order valence-electron chi connectivity index (χ3n) is 4.59. The zero-order chi connectivity index (χ0) is 16.9. The van der Waals surface area contributed by atoms with E-state index in [4.69, 9.17) is 4.74 Å². The maximum atomic E-state index is 12.6. The molecule has 2 atom stereocenters. The highest BCUT2D eigenvalue weighted by atomic mass is 35.5. The Balaban J connectivity index is 0.00000225. The average Bonchev–Trinajstić information content (AvgIpc) is 3.23. The van der Waals surface area contributed by atoms with Crippen LogP contribution < -0.4 is 15.4 Å². The summed E-state index contributed by atoms with van der Waals surface area (Å²) in [7, 11) is 3.56. The Hall–Kier alpha value is -2.05. The van der Waals surface area contributed by atoms with Crippen molar-refractivity contribution in [2.24, 2.45) is 13.0 Å². The van der Waals surface area contributed by atoms with Crippen molar-refractivity contribution in [2.45, 2.75) is 12.3 Å². The van der Waals surface area contributed by atoms with Gasteiger partial charge >= 0.3 is 0 Å². The van der Waals surface area contributed by atoms with E-state index in [1.54, 1.807) is 11.8 Å². The zero-order valence-electron chi connectivity index (χ0n) is 14.6. The maximum absolute atomic E-state index is 12.6. The van der Waals surface area contributed by atoms with Gasteiger partial charge in [0.25, 0.3) is 0 Å². The molecule has 0 bridgehead atoms. The lowest BCUT2D eigenvalue weighted by molar-refractivity contribution is -0.124. The molecule has 3 rings (SSSR count). The largest absolute Gasteiger partial charge is 0.496 e. The summed E-state index contributed by atoms with van der Waals surface area (Å²) in [4.78, 5) is 12.6. The molecule has 1 amide bonds. The number of amides is 1. The maximum Gasteiger partial charge on any atom is 0.225 e. The first kappa shape index (κ1) is 19.3. The molecule has 25 heavy (non-hydrogen) atoms. The summed E-state index contributed by atoms with van der Waals surface area (Å²) in [6.45, 7) is 2.13. The van der Waals surface area contributed by atoms with Crippen LogP contribution in [0.1, 0.15) is 17.0 Å². The minimum atomic E-state index is -0.0492. The summed E-state index contributed by atoms with van der Waals surface area (Å²) >= 11 is 0. The highest BCUT2D eigenvalue weighted by molar-refractivity contribution is 5.85. The lowest BCUT2D eigenvalue weighted by atomic mass is 9.90. The fourth-order valence-electron chi connectivity index (χ4n) is 3.30. The van der Waals surface area contributed by atoms with Crippen molar-refractivity contribution in [1.82, 2.24) is 20.4 Å². The second-order valence-electron chi connectivity index (χ2n) is 6.17. The first-order chi connectivity index (χ1) is 11.7. The molecule has 6 nitrogen and oxygen atoms in total. The number of ether oxygens (including phenoxy) is 1. The molecule has 0 spiro atoms. The van der Waals surface area contributed by atoms with Gasteiger partial charge < -0.3 is 15.4 Å². The zero-order valence-corrected chi connectivity index (χ0v) is 15.4. The third-order valence-corrected chi connectivity index (χ3v) is 4.59. The Morgan fingerprint density at radius 3 is 2.92 bits per heavy atom. The van der Waals surface area contributed by atoms with Crippen molar-refractivity contribution in [3.05, 3.63) is 47.8 Å². The molecule has 2 aromatic rings. The summed E-state index contributed by atoms with van der Waals surface area (Å²) in [5.74, 6) is 1.10. The Morgan fingerprint density at radius 1 is 1.40 bits per heavy atom. The Labute approximate surface area is 154 Å². The van der Waals surface area contributed by atoms with Crippen molar-refractivity contribution in [1.29, 1.82) is 0 Å². The monoisotopic (exact) mass is 364 g/mol. The number of aryl methyl sites for hydroxylation is 1. The summed E-state index contributed by atoms with van der Waals surface area (Å²) in [6, 6.07) is 7.90. The number of nitrogens with zero attached hydrogens (tertiary/aromatic N) is 2. The van der Waals surface area contributed by atoms with Gasteiger partial charge in [-0.3, -0.25) is 9.48 Å². The van der Waals surface area contributed by atoms with E-state index in [0.29, 0.717) is 13.1 Å². The number of benzene rings is 1. The number of aromatic nitrogens is 2. The van der Waals surface area contributed by atoms with Gasteiger partial charge in [-0.25, -0.2) is 0 Å². The molecule has 1 aromatic heterocycles. The number of halogens is 1. The van der Waals surface area contributed by atoms with Crippen molar-refractivity contribution in [3.63, 3.8) is 0 Å². The van der Waals surface area contributed by atoms with Gasteiger partial charge in [0.05, 0.1) is 19.2 Å². The molecule has 0 radical (unpaired) electrons. The van der Waals surface area contributed by atoms with Gasteiger partial charge in [-0.1, -0.05) is 18.2 Å². The molecule has 1 aromatic carbocycles. The first-order valence-electron chi connectivity index (χ1n) is 8.28. The van der Waals surface area contributed by atoms with Gasteiger partial charge in [0.15, 0.2) is 0 Å². The van der Waals surface area contributed by atoms with Gasteiger partial charge in [0.2, 0.25) is 5.91 Å². The number of hydrogen-bond donors (Lipinski definition) is 2. The van der Waals surface area contributed by atoms with E-state index in [9.17, 15) is 4.79 Å². The molecule has 0 unspecified atom stereocenters. The van der Waals surface area contributed by atoms with Crippen LogP contribution in [0.2, 0.25) is 0 Å². The normalized spacial score (nSPS) is 19.3. The van der Waals surface area contributed by atoms with Crippen LogP contribution in [-0.4, -0.2) is 42.4 Å². The fraction of sp³-hybridized carbons (Fsp3) is 0.444. The van der Waals surface area contributed by atoms with E-state index in [-0.39, 0.29) is 30.2 Å². The predicted octanol–water partition coefficient (Wildman–Crippen LogP) is 1.51. The molecule has 1 aliphatic rings. The number of methoxy groups -OCH3 is 1. The van der Waals surface area contributed by atoms with E-state index >= 15 is 0 Å². The number of nitrogens with one attached hydrogen (secondary N) is 2. The summed E-state index contributed by atoms with van der Waals surface area (Å²) in [6.07, 6.45) is 4.60. The summed E-state index contributed by atoms with van der Waals surface area (Å²) < 4.78 is 7.13. The molecule has 0 aliphatic carbocycles. The SMILES string of the molecule is COc1ccccc1CCNC(=O)[C@H]1CNC[C@@H]1c1cnn(C)c1.Cl. The first-order valence-corrected chi connectivity index (χ1v) is 8.28. The highest BCUT2D eigenvalue weighted by Crippen LogP contribution is 2.27. The number of carbonyl (C=O) groups excluding carboxylic acids is 1. The number of para-hydroxylation sites is 1. The minimum absolute atomic E-state index is 0. The topological polar surface area (TPSA) is 68.2 Å². The van der Waals surface area contributed by atoms with Crippen molar-refractivity contribution < 1.29 is 9.53 Å². The number of hydrogen-bond acceptors (Lipinski definition) is 4. The van der Waals surface area contributed by atoms with Crippen LogP contribution in [0.3, 0.4) is 0 Å². The third kappa shape index (κ3) is 4.52. The van der Waals surface area contributed by atoms with Crippen LogP contribution in [0.5, 0.6) is 5.75 Å². The van der Waals surface area contributed by atoms with Crippen LogP contribution in [0.25, 0.3) is 0 Å². The summed E-state index contributed by atoms with van der Waals surface area (Å²) in [5.41, 5.74) is 2.22. The second kappa shape index (κ2) is 8.87. The van der Waals surface area contributed by atoms with Crippen LogP contribution >= 0.6 is 12.4 Å². The number of rotatable bonds is 6. The minimum Gasteiger partial charge on any atom is -0.496 e. The van der Waals surface area contributed by atoms with Gasteiger partial charge in [-0.2, -0.15) is 5.10 Å². The molecule has 2 N–H and O–H groups in total. The Bertz CT molecular complexity index is 704. The Kier molecular flexibility index (Phi) is 6.84. The predicted molar refractivity (Wildman–Crippen MR) is 99.3 cm³/mol. The molecule has 1 aliphatic heterocycles. The summed E-state index contributed by atoms with van der Waals surface area (Å²) in [5, 5.41) is 10.6. The van der Waals surface area contributed by atoms with Gasteiger partial charge in [-0.05, 0) is 23.6 Å². The lowest BCUT2D eigenvalue weighted by Gasteiger charge is -2.17. The smallest absolute Gasteiger partial charge is 0.225 e. The molecule has 136 valence electrons. The van der Waals surface area contributed by atoms with E-state index in [0.717, 1.165) is 29.8 Å². The molecule has 1 fully saturated rings. The van der Waals surface area contributed by atoms with Crippen LogP contribution in [0.15, 0.2) is 36.7 Å². The highest BCUT2D eigenvalue weighted by Gasteiger charge is 2.34. The van der Waals surface area contributed by atoms with Gasteiger partial charge in [-0.15, -0.1) is 12.4 Å². The molecular weight excluding hydrogens is 340 g/mol. The van der Waals surface area contributed by atoms with E-state index < -0.39 is 0 Å². The van der Waals surface area contributed by atoms with Gasteiger partial charge in [0.1, 0.15) is 5.75 Å². The quantitative estimate of drug-likeness (QED) is 0.815. The molecule has 7 heteroatoms. The van der Waals surface area contributed by atoms with Crippen molar-refractivity contribution in [3.8, 4) is 5.75 Å². The van der Waals surface area contributed by atoms with E-state index in [1.165, 1.54) is 0 Å². The van der Waals surface area contributed by atoms with Crippen molar-refractivity contribution in [2.75, 3.05) is 26.7 Å². The standard InChI is InChI=1S/C18H24N4O2.ClH/c1-22-12-14(9-21-22)15-10-19-11-16(15)18(23)20-8-7-13-5-3-4-6-17(13)24-2;/h3-6,9,12,15-16,19H,7-8,10-11H2,1-2H3,(H,20,23);1H/t15-,16+;/m1./s1. The van der Waals surface area contributed by atoms with Crippen LogP contribution in [0.4, 0.5) is 0 Å². The van der Waals surface area contributed by atoms with Crippen LogP contribution in [0, 0.1) is 5.92 Å². The Morgan fingerprint density at radius 2 is 2.20 bits per heavy atom. The van der Waals surface area contributed by atoms with Gasteiger partial charge in [0, 0.05) is 38.8 Å². The van der Waals surface area contributed by atoms with Crippen LogP contribution in [-0.2, 0) is 18.3 Å². The molecular formula is C18H25ClN4O2. The second-order valence-corrected chi connectivity index (χ2v) is 6.17. The van der Waals surface area contributed by atoms with E-state index in [1.807, 2.05) is 43.7 Å². The molecule has 2 heterocycles. The number of carbonyl (C=O) groups is 1. The van der Waals surface area contributed by atoms with E-state index in [2.05, 4.69) is 15.7 Å². The lowest BCUT2D eigenvalue weighted by Crippen LogP contribution is -2.35. The molecule has 0 saturated carbocycles. The molecule has 1 saturated heterocycles.